The van der Waals surface area contributed by atoms with Crippen molar-refractivity contribution in [2.24, 2.45) is 5.92 Å². The largest absolute Gasteiger partial charge is 0.478 e. The number of hydrogen-bond acceptors (Lipinski definition) is 2. The Hall–Kier alpha value is -1.84. The van der Waals surface area contributed by atoms with Crippen molar-refractivity contribution in [1.29, 1.82) is 0 Å². The number of carbonyl (C=O) groups excluding carboxylic acids is 1. The first kappa shape index (κ1) is 15.1. The van der Waals surface area contributed by atoms with E-state index in [2.05, 4.69) is 0 Å². The number of benzene rings is 1. The van der Waals surface area contributed by atoms with Gasteiger partial charge in [-0.1, -0.05) is 25.0 Å². The predicted octanol–water partition coefficient (Wildman–Crippen LogP) is 3.28. The lowest BCUT2D eigenvalue weighted by Gasteiger charge is -2.33. The van der Waals surface area contributed by atoms with Crippen LogP contribution in [-0.4, -0.2) is 35.0 Å². The van der Waals surface area contributed by atoms with Crippen molar-refractivity contribution in [2.45, 2.75) is 44.4 Å². The van der Waals surface area contributed by atoms with Crippen LogP contribution in [0.1, 0.15) is 60.4 Å². The number of carboxylic acids is 1. The minimum Gasteiger partial charge on any atom is -0.478 e. The number of nitrogens with zero attached hydrogens (tertiary/aromatic N) is 1. The number of carbonyl (C=O) groups is 2. The highest BCUT2D eigenvalue weighted by Gasteiger charge is 2.27. The Balaban J connectivity index is 1.59. The van der Waals surface area contributed by atoms with E-state index in [9.17, 15) is 9.59 Å². The summed E-state index contributed by atoms with van der Waals surface area (Å²) in [4.78, 5) is 25.2. The molecule has 2 aliphatic rings. The Morgan fingerprint density at radius 1 is 1.14 bits per heavy atom. The first-order valence-corrected chi connectivity index (χ1v) is 8.24. The first-order valence-electron chi connectivity index (χ1n) is 8.24. The summed E-state index contributed by atoms with van der Waals surface area (Å²) in [5.74, 6) is 0.528. The SMILES string of the molecule is O=C(O)c1ccc(C2CCCN(C(=O)CCC3CC3)C2)cc1. The fourth-order valence-electron chi connectivity index (χ4n) is 3.27. The van der Waals surface area contributed by atoms with Crippen LogP contribution in [0.4, 0.5) is 0 Å². The molecular formula is C18H23NO3. The van der Waals surface area contributed by atoms with Crippen LogP contribution in [-0.2, 0) is 4.79 Å². The van der Waals surface area contributed by atoms with Crippen molar-refractivity contribution in [3.8, 4) is 0 Å². The van der Waals surface area contributed by atoms with Crippen molar-refractivity contribution in [3.63, 3.8) is 0 Å². The van der Waals surface area contributed by atoms with Gasteiger partial charge in [0.1, 0.15) is 0 Å². The Kier molecular flexibility index (Phi) is 4.46. The van der Waals surface area contributed by atoms with Crippen molar-refractivity contribution < 1.29 is 14.7 Å². The molecule has 1 aromatic rings. The van der Waals surface area contributed by atoms with E-state index in [-0.39, 0.29) is 0 Å². The lowest BCUT2D eigenvalue weighted by Crippen LogP contribution is -2.39. The minimum absolute atomic E-state index is 0.291. The van der Waals surface area contributed by atoms with Crippen molar-refractivity contribution in [2.75, 3.05) is 13.1 Å². The molecule has 0 spiro atoms. The number of amides is 1. The summed E-state index contributed by atoms with van der Waals surface area (Å²) < 4.78 is 0. The van der Waals surface area contributed by atoms with Gasteiger partial charge in [-0.15, -0.1) is 0 Å². The van der Waals surface area contributed by atoms with E-state index < -0.39 is 5.97 Å². The number of carboxylic acid groups (broad SMARTS) is 1. The highest BCUT2D eigenvalue weighted by Crippen LogP contribution is 2.34. The highest BCUT2D eigenvalue weighted by atomic mass is 16.4. The van der Waals surface area contributed by atoms with Gasteiger partial charge < -0.3 is 10.0 Å². The molecule has 1 aliphatic heterocycles. The molecule has 1 aliphatic carbocycles. The third-order valence-electron chi connectivity index (χ3n) is 4.87. The van der Waals surface area contributed by atoms with Gasteiger partial charge in [0.05, 0.1) is 5.56 Å². The second kappa shape index (κ2) is 6.51. The normalized spacial score (nSPS) is 21.6. The van der Waals surface area contributed by atoms with E-state index in [1.54, 1.807) is 12.1 Å². The third-order valence-corrected chi connectivity index (χ3v) is 4.87. The molecule has 1 saturated carbocycles. The Morgan fingerprint density at radius 3 is 2.50 bits per heavy atom. The zero-order valence-electron chi connectivity index (χ0n) is 12.8. The number of aromatic carboxylic acids is 1. The van der Waals surface area contributed by atoms with Crippen LogP contribution in [0, 0.1) is 5.92 Å². The molecule has 0 radical (unpaired) electrons. The molecule has 1 aromatic carbocycles. The van der Waals surface area contributed by atoms with Crippen molar-refractivity contribution in [1.82, 2.24) is 4.90 Å². The van der Waals surface area contributed by atoms with Gasteiger partial charge in [0.2, 0.25) is 5.91 Å². The third kappa shape index (κ3) is 3.67. The van der Waals surface area contributed by atoms with Crippen LogP contribution in [0.5, 0.6) is 0 Å². The number of likely N-dealkylation sites (tertiary alicyclic amines) is 1. The van der Waals surface area contributed by atoms with E-state index >= 15 is 0 Å². The van der Waals surface area contributed by atoms with Gasteiger partial charge >= 0.3 is 5.97 Å². The minimum atomic E-state index is -0.896. The zero-order chi connectivity index (χ0) is 15.5. The molecule has 1 unspecified atom stereocenters. The van der Waals surface area contributed by atoms with Gasteiger partial charge in [0, 0.05) is 25.4 Å². The molecule has 2 fully saturated rings. The molecule has 4 nitrogen and oxygen atoms in total. The average molecular weight is 301 g/mol. The summed E-state index contributed by atoms with van der Waals surface area (Å²) in [7, 11) is 0. The average Bonchev–Trinajstić information content (AvgIpc) is 3.37. The fraction of sp³-hybridized carbons (Fsp3) is 0.556. The zero-order valence-corrected chi connectivity index (χ0v) is 12.8. The van der Waals surface area contributed by atoms with Crippen LogP contribution in [0.3, 0.4) is 0 Å². The molecular weight excluding hydrogens is 278 g/mol. The van der Waals surface area contributed by atoms with Gasteiger partial charge in [0.15, 0.2) is 0 Å². The summed E-state index contributed by atoms with van der Waals surface area (Å²) in [5.41, 5.74) is 1.46. The van der Waals surface area contributed by atoms with Crippen molar-refractivity contribution in [3.05, 3.63) is 35.4 Å². The Morgan fingerprint density at radius 2 is 1.86 bits per heavy atom. The van der Waals surface area contributed by atoms with E-state index in [1.165, 1.54) is 12.8 Å². The summed E-state index contributed by atoms with van der Waals surface area (Å²) in [5, 5.41) is 8.96. The maximum Gasteiger partial charge on any atom is 0.335 e. The summed E-state index contributed by atoms with van der Waals surface area (Å²) >= 11 is 0. The topological polar surface area (TPSA) is 57.6 Å². The quantitative estimate of drug-likeness (QED) is 0.908. The molecule has 22 heavy (non-hydrogen) atoms. The number of piperidine rings is 1. The molecule has 1 saturated heterocycles. The van der Waals surface area contributed by atoms with Crippen LogP contribution in [0.25, 0.3) is 0 Å². The molecule has 118 valence electrons. The Bertz CT molecular complexity index is 548. The molecule has 1 amide bonds. The monoisotopic (exact) mass is 301 g/mol. The van der Waals surface area contributed by atoms with E-state index in [4.69, 9.17) is 5.11 Å². The summed E-state index contributed by atoms with van der Waals surface area (Å²) in [6, 6.07) is 7.11. The maximum atomic E-state index is 12.3. The summed E-state index contributed by atoms with van der Waals surface area (Å²) in [6.45, 7) is 1.64. The van der Waals surface area contributed by atoms with Crippen molar-refractivity contribution >= 4 is 11.9 Å². The van der Waals surface area contributed by atoms with E-state index in [0.29, 0.717) is 23.8 Å². The second-order valence-corrected chi connectivity index (χ2v) is 6.59. The van der Waals surface area contributed by atoms with Crippen LogP contribution >= 0.6 is 0 Å². The number of rotatable bonds is 5. The van der Waals surface area contributed by atoms with Gasteiger partial charge in [-0.05, 0) is 42.9 Å². The highest BCUT2D eigenvalue weighted by molar-refractivity contribution is 5.87. The van der Waals surface area contributed by atoms with Crippen LogP contribution in [0.15, 0.2) is 24.3 Å². The van der Waals surface area contributed by atoms with Crippen LogP contribution < -0.4 is 0 Å². The van der Waals surface area contributed by atoms with E-state index in [1.807, 2.05) is 17.0 Å². The smallest absolute Gasteiger partial charge is 0.335 e. The van der Waals surface area contributed by atoms with Gasteiger partial charge in [-0.3, -0.25) is 4.79 Å². The lowest BCUT2D eigenvalue weighted by atomic mass is 9.90. The Labute approximate surface area is 131 Å². The molecule has 1 N–H and O–H groups in total. The second-order valence-electron chi connectivity index (χ2n) is 6.59. The molecule has 0 aromatic heterocycles. The standard InChI is InChI=1S/C18H23NO3/c20-17(10-5-13-3-4-13)19-11-1-2-16(12-19)14-6-8-15(9-7-14)18(21)22/h6-9,13,16H,1-5,10-12H2,(H,21,22). The molecule has 3 rings (SSSR count). The predicted molar refractivity (Wildman–Crippen MR) is 83.9 cm³/mol. The molecule has 4 heteroatoms. The van der Waals surface area contributed by atoms with Gasteiger partial charge in [0.25, 0.3) is 0 Å². The maximum absolute atomic E-state index is 12.3. The molecule has 1 atom stereocenters. The fourth-order valence-corrected chi connectivity index (χ4v) is 3.27. The molecule has 1 heterocycles. The first-order chi connectivity index (χ1) is 10.6. The molecule has 0 bridgehead atoms. The van der Waals surface area contributed by atoms with Gasteiger partial charge in [-0.2, -0.15) is 0 Å². The van der Waals surface area contributed by atoms with Gasteiger partial charge in [-0.25, -0.2) is 4.79 Å². The van der Waals surface area contributed by atoms with Crippen LogP contribution in [0.2, 0.25) is 0 Å². The summed E-state index contributed by atoms with van der Waals surface area (Å²) in [6.07, 6.45) is 6.43. The van der Waals surface area contributed by atoms with E-state index in [0.717, 1.165) is 43.8 Å². The lowest BCUT2D eigenvalue weighted by molar-refractivity contribution is -0.132. The number of hydrogen-bond donors (Lipinski definition) is 1.